The second-order valence-electron chi connectivity index (χ2n) is 14.6. The molecule has 0 heterocycles. The fraction of sp³-hybridized carbons (Fsp3) is 0.452. The van der Waals surface area contributed by atoms with Gasteiger partial charge in [0.05, 0.1) is 0 Å². The lowest BCUT2D eigenvalue weighted by Gasteiger charge is -2.46. The first kappa shape index (κ1) is 34.3. The largest absolute Gasteiger partial charge is 0.303 e. The highest BCUT2D eigenvalue weighted by Gasteiger charge is 2.47. The molecular weight excluding hydrogens is 584 g/mol. The van der Waals surface area contributed by atoms with Crippen molar-refractivity contribution in [1.82, 2.24) is 0 Å². The topological polar surface area (TPSA) is 85.3 Å². The third-order valence-electron chi connectivity index (χ3n) is 11.0. The van der Waals surface area contributed by atoms with Crippen LogP contribution in [0.15, 0.2) is 105 Å². The van der Waals surface area contributed by atoms with Gasteiger partial charge in [-0.1, -0.05) is 58.7 Å². The van der Waals surface area contributed by atoms with Crippen molar-refractivity contribution in [3.05, 3.63) is 105 Å². The van der Waals surface area contributed by atoms with Crippen LogP contribution in [-0.2, 0) is 24.0 Å². The SMILES string of the molecule is C=C(C)[C@H]1CC/C(C)=C/CC[C@@]2(C=O)[C@H](CC3=C[C@H]2C/C(C)=C/CC2=CC(=O)C=C(C/C(C)=C\CC3)C2=O)CC2=CC(=O)C=C1C2=O. The van der Waals surface area contributed by atoms with Crippen LogP contribution in [0.25, 0.3) is 0 Å². The van der Waals surface area contributed by atoms with E-state index in [1.165, 1.54) is 35.5 Å². The Morgan fingerprint density at radius 3 is 2.23 bits per heavy atom. The highest BCUT2D eigenvalue weighted by atomic mass is 16.1. The molecule has 0 unspecified atom stereocenters. The molecule has 5 aliphatic rings. The summed E-state index contributed by atoms with van der Waals surface area (Å²) in [6, 6.07) is 0. The molecule has 4 atom stereocenters. The molecule has 0 aliphatic heterocycles. The number of fused-ring (bicyclic) bond motifs is 7. The molecule has 47 heavy (non-hydrogen) atoms. The number of carbonyl (C=O) groups excluding carboxylic acids is 5. The van der Waals surface area contributed by atoms with E-state index >= 15 is 0 Å². The van der Waals surface area contributed by atoms with Crippen LogP contribution in [-0.4, -0.2) is 29.4 Å². The van der Waals surface area contributed by atoms with E-state index < -0.39 is 5.41 Å². The van der Waals surface area contributed by atoms with Gasteiger partial charge in [0.1, 0.15) is 6.29 Å². The molecule has 0 spiro atoms. The summed E-state index contributed by atoms with van der Waals surface area (Å²) >= 11 is 0. The second-order valence-corrected chi connectivity index (χ2v) is 14.6. The number of Topliss-reactive ketones (excluding diaryl/α,β-unsaturated/α-hetero) is 2. The fourth-order valence-electron chi connectivity index (χ4n) is 8.31. The minimum atomic E-state index is -0.742. The Morgan fingerprint density at radius 2 is 1.49 bits per heavy atom. The molecule has 0 aromatic rings. The zero-order valence-electron chi connectivity index (χ0n) is 28.5. The Kier molecular flexibility index (Phi) is 10.5. The number of allylic oxidation sites excluding steroid dienone is 17. The smallest absolute Gasteiger partial charge is 0.185 e. The average Bonchev–Trinajstić information content (AvgIpc) is 3.00. The predicted octanol–water partition coefficient (Wildman–Crippen LogP) is 8.70. The fourth-order valence-corrected chi connectivity index (χ4v) is 8.31. The first-order chi connectivity index (χ1) is 22.4. The lowest BCUT2D eigenvalue weighted by Crippen LogP contribution is -2.43. The number of aldehydes is 1. The average molecular weight is 633 g/mol. The normalized spacial score (nSPS) is 32.9. The van der Waals surface area contributed by atoms with Crippen LogP contribution >= 0.6 is 0 Å². The molecule has 0 saturated heterocycles. The van der Waals surface area contributed by atoms with Crippen molar-refractivity contribution in [2.45, 2.75) is 98.3 Å². The van der Waals surface area contributed by atoms with Crippen LogP contribution in [0.4, 0.5) is 0 Å². The van der Waals surface area contributed by atoms with E-state index in [9.17, 15) is 24.0 Å². The van der Waals surface area contributed by atoms with E-state index in [1.807, 2.05) is 26.8 Å². The lowest BCUT2D eigenvalue weighted by molar-refractivity contribution is -0.123. The van der Waals surface area contributed by atoms with Gasteiger partial charge in [0, 0.05) is 33.6 Å². The van der Waals surface area contributed by atoms with Crippen LogP contribution < -0.4 is 0 Å². The molecule has 5 nitrogen and oxygen atoms in total. The number of carbonyl (C=O) groups is 5. The summed E-state index contributed by atoms with van der Waals surface area (Å²) in [4.78, 5) is 66.6. The van der Waals surface area contributed by atoms with Gasteiger partial charge in [-0.2, -0.15) is 0 Å². The van der Waals surface area contributed by atoms with Crippen molar-refractivity contribution in [2.24, 2.45) is 23.2 Å². The second kappa shape index (κ2) is 14.4. The van der Waals surface area contributed by atoms with Crippen LogP contribution in [0.2, 0.25) is 0 Å². The van der Waals surface area contributed by atoms with Crippen LogP contribution in [0, 0.1) is 23.2 Å². The number of hydrogen-bond donors (Lipinski definition) is 0. The molecule has 0 radical (unpaired) electrons. The maximum atomic E-state index is 14.1. The van der Waals surface area contributed by atoms with Crippen LogP contribution in [0.3, 0.4) is 0 Å². The Hall–Kier alpha value is -3.99. The van der Waals surface area contributed by atoms with Crippen molar-refractivity contribution < 1.29 is 24.0 Å². The number of rotatable bonds is 2. The van der Waals surface area contributed by atoms with Crippen molar-refractivity contribution in [2.75, 3.05) is 0 Å². The molecule has 5 aliphatic carbocycles. The minimum absolute atomic E-state index is 0.0694. The van der Waals surface area contributed by atoms with E-state index in [2.05, 4.69) is 31.7 Å². The molecular formula is C42H48O5. The quantitative estimate of drug-likeness (QED) is 0.173. The van der Waals surface area contributed by atoms with Gasteiger partial charge in [0.2, 0.25) is 0 Å². The summed E-state index contributed by atoms with van der Waals surface area (Å²) in [6.07, 6.45) is 22.8. The molecule has 5 rings (SSSR count). The Labute approximate surface area is 279 Å². The molecule has 246 valence electrons. The first-order valence-electron chi connectivity index (χ1n) is 17.2. The van der Waals surface area contributed by atoms with E-state index in [1.54, 1.807) is 0 Å². The van der Waals surface area contributed by atoms with Gasteiger partial charge >= 0.3 is 0 Å². The zero-order chi connectivity index (χ0) is 33.9. The lowest BCUT2D eigenvalue weighted by atomic mass is 9.56. The summed E-state index contributed by atoms with van der Waals surface area (Å²) < 4.78 is 0. The first-order valence-corrected chi connectivity index (χ1v) is 17.2. The van der Waals surface area contributed by atoms with E-state index in [4.69, 9.17) is 0 Å². The van der Waals surface area contributed by atoms with Gasteiger partial charge in [-0.25, -0.2) is 0 Å². The van der Waals surface area contributed by atoms with Crippen molar-refractivity contribution in [1.29, 1.82) is 0 Å². The maximum Gasteiger partial charge on any atom is 0.185 e. The molecule has 0 fully saturated rings. The van der Waals surface area contributed by atoms with E-state index in [-0.39, 0.29) is 40.9 Å². The van der Waals surface area contributed by atoms with Crippen molar-refractivity contribution >= 4 is 29.4 Å². The third-order valence-corrected chi connectivity index (χ3v) is 11.0. The maximum absolute atomic E-state index is 14.1. The molecule has 5 heteroatoms. The Bertz CT molecular complexity index is 1660. The molecule has 0 saturated carbocycles. The van der Waals surface area contributed by atoms with Gasteiger partial charge in [-0.3, -0.25) is 19.2 Å². The molecule has 0 amide bonds. The Balaban J connectivity index is 1.58. The van der Waals surface area contributed by atoms with E-state index in [0.717, 1.165) is 48.7 Å². The summed E-state index contributed by atoms with van der Waals surface area (Å²) in [6.45, 7) is 12.3. The molecule has 6 bridgehead atoms. The summed E-state index contributed by atoms with van der Waals surface area (Å²) in [7, 11) is 0. The molecule has 0 aromatic carbocycles. The van der Waals surface area contributed by atoms with Crippen molar-refractivity contribution in [3.8, 4) is 0 Å². The Morgan fingerprint density at radius 1 is 0.787 bits per heavy atom. The molecule has 0 aromatic heterocycles. The van der Waals surface area contributed by atoms with Gasteiger partial charge < -0.3 is 4.79 Å². The van der Waals surface area contributed by atoms with E-state index in [0.29, 0.717) is 67.2 Å². The third kappa shape index (κ3) is 7.61. The monoisotopic (exact) mass is 632 g/mol. The van der Waals surface area contributed by atoms with Crippen LogP contribution in [0.5, 0.6) is 0 Å². The van der Waals surface area contributed by atoms with Gasteiger partial charge in [0.25, 0.3) is 0 Å². The predicted molar refractivity (Wildman–Crippen MR) is 186 cm³/mol. The number of ketones is 4. The number of hydrogen-bond acceptors (Lipinski definition) is 5. The van der Waals surface area contributed by atoms with Gasteiger partial charge in [-0.15, -0.1) is 0 Å². The van der Waals surface area contributed by atoms with Crippen LogP contribution in [0.1, 0.15) is 98.3 Å². The van der Waals surface area contributed by atoms with Gasteiger partial charge in [0.15, 0.2) is 23.1 Å². The minimum Gasteiger partial charge on any atom is -0.303 e. The standard InChI is InChI=1S/C42H48O5/c1-26(2)38-14-12-27(3)9-7-15-42(25-43)34-17-29(5)11-13-31-21-36(44)22-32(40(31)46)16-28(4)8-6-10-30(18-34)19-35(42)20-33-23-37(45)24-39(38)41(33)47/h8-9,11,18,21-25,34-35,38H,1,6-7,10,12-17,19-20H2,2-5H3/b27-9+,28-8-,29-11+/t34-,35-,38-,42+/m1/s1. The highest BCUT2D eigenvalue weighted by molar-refractivity contribution is 6.21. The van der Waals surface area contributed by atoms with Crippen molar-refractivity contribution in [3.63, 3.8) is 0 Å². The molecule has 0 N–H and O–H groups in total. The summed E-state index contributed by atoms with van der Waals surface area (Å²) in [5.41, 5.74) is 6.78. The zero-order valence-corrected chi connectivity index (χ0v) is 28.5. The highest BCUT2D eigenvalue weighted by Crippen LogP contribution is 2.52. The summed E-state index contributed by atoms with van der Waals surface area (Å²) in [5.74, 6) is -0.930. The van der Waals surface area contributed by atoms with Gasteiger partial charge in [-0.05, 0) is 134 Å². The summed E-state index contributed by atoms with van der Waals surface area (Å²) in [5, 5.41) is 0.